The Labute approximate surface area is 118 Å². The summed E-state index contributed by atoms with van der Waals surface area (Å²) in [6.45, 7) is 4.21. The molecule has 19 heavy (non-hydrogen) atoms. The Balaban J connectivity index is 2.78. The standard InChI is InChI=1S/C13H18ClN3O2/c1-4-5-8-19-11(18)7-6-10-12(14)16-9(2)17-13(10)15-3/h6-7H,4-5,8H2,1-3H3,(H,15,16,17)/b7-6+. The first-order valence-corrected chi connectivity index (χ1v) is 6.53. The molecular formula is C13H18ClN3O2. The van der Waals surface area contributed by atoms with Gasteiger partial charge in [-0.15, -0.1) is 0 Å². The van der Waals surface area contributed by atoms with Crippen LogP contribution in [0.4, 0.5) is 5.82 Å². The molecule has 0 saturated heterocycles. The topological polar surface area (TPSA) is 64.1 Å². The van der Waals surface area contributed by atoms with Gasteiger partial charge in [0.2, 0.25) is 0 Å². The van der Waals surface area contributed by atoms with Crippen LogP contribution in [0.2, 0.25) is 5.15 Å². The van der Waals surface area contributed by atoms with Crippen molar-refractivity contribution in [1.82, 2.24) is 9.97 Å². The molecule has 0 radical (unpaired) electrons. The Morgan fingerprint density at radius 1 is 1.47 bits per heavy atom. The Bertz CT molecular complexity index is 475. The van der Waals surface area contributed by atoms with E-state index in [-0.39, 0.29) is 0 Å². The van der Waals surface area contributed by atoms with Gasteiger partial charge in [0, 0.05) is 13.1 Å². The highest BCUT2D eigenvalue weighted by Gasteiger charge is 2.08. The Hall–Kier alpha value is -1.62. The number of carbonyl (C=O) groups is 1. The molecule has 0 aliphatic carbocycles. The zero-order valence-corrected chi connectivity index (χ0v) is 12.1. The highest BCUT2D eigenvalue weighted by Crippen LogP contribution is 2.22. The summed E-state index contributed by atoms with van der Waals surface area (Å²) in [7, 11) is 1.73. The minimum Gasteiger partial charge on any atom is -0.463 e. The lowest BCUT2D eigenvalue weighted by atomic mass is 10.2. The number of carbonyl (C=O) groups excluding carboxylic acids is 1. The van der Waals surface area contributed by atoms with E-state index in [0.717, 1.165) is 12.8 Å². The van der Waals surface area contributed by atoms with Crippen LogP contribution in [0.3, 0.4) is 0 Å². The molecule has 0 fully saturated rings. The molecule has 0 aliphatic rings. The lowest BCUT2D eigenvalue weighted by Gasteiger charge is -2.06. The van der Waals surface area contributed by atoms with E-state index in [2.05, 4.69) is 15.3 Å². The van der Waals surface area contributed by atoms with E-state index in [1.165, 1.54) is 6.08 Å². The third kappa shape index (κ3) is 4.87. The molecule has 1 aromatic heterocycles. The maximum atomic E-state index is 11.5. The summed E-state index contributed by atoms with van der Waals surface area (Å²) in [5.74, 6) is 0.749. The summed E-state index contributed by atoms with van der Waals surface area (Å²) in [5.41, 5.74) is 0.571. The molecule has 1 heterocycles. The summed E-state index contributed by atoms with van der Waals surface area (Å²) in [6.07, 6.45) is 4.73. The number of anilines is 1. The average Bonchev–Trinajstić information content (AvgIpc) is 2.37. The molecule has 0 amide bonds. The Morgan fingerprint density at radius 2 is 2.21 bits per heavy atom. The number of unbranched alkanes of at least 4 members (excludes halogenated alkanes) is 1. The number of hydrogen-bond acceptors (Lipinski definition) is 5. The van der Waals surface area contributed by atoms with E-state index in [9.17, 15) is 4.79 Å². The fourth-order valence-electron chi connectivity index (χ4n) is 1.40. The van der Waals surface area contributed by atoms with Crippen molar-refractivity contribution in [3.05, 3.63) is 22.6 Å². The minimum atomic E-state index is -0.396. The van der Waals surface area contributed by atoms with Gasteiger partial charge in [0.1, 0.15) is 16.8 Å². The maximum Gasteiger partial charge on any atom is 0.330 e. The molecule has 1 rings (SSSR count). The van der Waals surface area contributed by atoms with E-state index in [1.54, 1.807) is 20.0 Å². The second kappa shape index (κ2) is 7.74. The van der Waals surface area contributed by atoms with Crippen LogP contribution >= 0.6 is 11.6 Å². The van der Waals surface area contributed by atoms with Gasteiger partial charge in [0.25, 0.3) is 0 Å². The maximum absolute atomic E-state index is 11.5. The number of nitrogens with zero attached hydrogens (tertiary/aromatic N) is 2. The first-order valence-electron chi connectivity index (χ1n) is 6.15. The first kappa shape index (κ1) is 15.4. The van der Waals surface area contributed by atoms with E-state index in [4.69, 9.17) is 16.3 Å². The smallest absolute Gasteiger partial charge is 0.330 e. The number of aromatic nitrogens is 2. The second-order valence-corrected chi connectivity index (χ2v) is 4.29. The minimum absolute atomic E-state index is 0.300. The van der Waals surface area contributed by atoms with Gasteiger partial charge >= 0.3 is 5.97 Å². The van der Waals surface area contributed by atoms with Crippen LogP contribution in [0.5, 0.6) is 0 Å². The number of aryl methyl sites for hydroxylation is 1. The van der Waals surface area contributed by atoms with Gasteiger partial charge in [0.15, 0.2) is 0 Å². The van der Waals surface area contributed by atoms with Crippen molar-refractivity contribution in [2.45, 2.75) is 26.7 Å². The van der Waals surface area contributed by atoms with Crippen LogP contribution in [0.25, 0.3) is 6.08 Å². The average molecular weight is 284 g/mol. The monoisotopic (exact) mass is 283 g/mol. The van der Waals surface area contributed by atoms with Crippen molar-refractivity contribution < 1.29 is 9.53 Å². The molecule has 104 valence electrons. The summed E-state index contributed by atoms with van der Waals surface area (Å²) < 4.78 is 5.01. The van der Waals surface area contributed by atoms with Crippen LogP contribution in [0, 0.1) is 6.92 Å². The zero-order valence-electron chi connectivity index (χ0n) is 11.4. The summed E-state index contributed by atoms with van der Waals surface area (Å²) >= 11 is 6.03. The van der Waals surface area contributed by atoms with Gasteiger partial charge in [-0.2, -0.15) is 0 Å². The summed E-state index contributed by atoms with van der Waals surface area (Å²) in [6, 6.07) is 0. The highest BCUT2D eigenvalue weighted by atomic mass is 35.5. The lowest BCUT2D eigenvalue weighted by Crippen LogP contribution is -2.03. The molecule has 0 saturated carbocycles. The van der Waals surface area contributed by atoms with Crippen molar-refractivity contribution >= 4 is 29.5 Å². The Kier molecular flexibility index (Phi) is 6.29. The number of esters is 1. The van der Waals surface area contributed by atoms with Crippen LogP contribution in [-0.2, 0) is 9.53 Å². The molecule has 6 heteroatoms. The molecule has 0 aromatic carbocycles. The molecule has 0 bridgehead atoms. The third-order valence-electron chi connectivity index (χ3n) is 2.38. The van der Waals surface area contributed by atoms with Crippen molar-refractivity contribution in [1.29, 1.82) is 0 Å². The molecule has 1 aromatic rings. The van der Waals surface area contributed by atoms with E-state index in [1.807, 2.05) is 6.92 Å². The number of ether oxygens (including phenoxy) is 1. The van der Waals surface area contributed by atoms with Crippen LogP contribution in [0.1, 0.15) is 31.2 Å². The van der Waals surface area contributed by atoms with E-state index >= 15 is 0 Å². The van der Waals surface area contributed by atoms with Crippen molar-refractivity contribution in [3.8, 4) is 0 Å². The fraction of sp³-hybridized carbons (Fsp3) is 0.462. The molecule has 0 spiro atoms. The van der Waals surface area contributed by atoms with E-state index < -0.39 is 5.97 Å². The second-order valence-electron chi connectivity index (χ2n) is 3.93. The van der Waals surface area contributed by atoms with Gasteiger partial charge < -0.3 is 10.1 Å². The molecule has 0 unspecified atom stereocenters. The van der Waals surface area contributed by atoms with Crippen molar-refractivity contribution in [3.63, 3.8) is 0 Å². The van der Waals surface area contributed by atoms with Gasteiger partial charge in [-0.25, -0.2) is 14.8 Å². The van der Waals surface area contributed by atoms with E-state index in [0.29, 0.717) is 29.0 Å². The predicted octanol–water partition coefficient (Wildman–Crippen LogP) is 2.84. The van der Waals surface area contributed by atoms with Crippen molar-refractivity contribution in [2.75, 3.05) is 19.0 Å². The van der Waals surface area contributed by atoms with Gasteiger partial charge in [-0.3, -0.25) is 0 Å². The molecular weight excluding hydrogens is 266 g/mol. The summed E-state index contributed by atoms with van der Waals surface area (Å²) in [4.78, 5) is 19.7. The van der Waals surface area contributed by atoms with Crippen molar-refractivity contribution in [2.24, 2.45) is 0 Å². The van der Waals surface area contributed by atoms with Gasteiger partial charge in [-0.1, -0.05) is 24.9 Å². The van der Waals surface area contributed by atoms with Gasteiger partial charge in [-0.05, 0) is 19.4 Å². The first-order chi connectivity index (χ1) is 9.08. The molecule has 0 atom stereocenters. The SMILES string of the molecule is CCCCOC(=O)/C=C/c1c(Cl)nc(C)nc1NC. The lowest BCUT2D eigenvalue weighted by molar-refractivity contribution is -0.137. The van der Waals surface area contributed by atoms with Crippen LogP contribution in [0.15, 0.2) is 6.08 Å². The fourth-order valence-corrected chi connectivity index (χ4v) is 1.68. The summed E-state index contributed by atoms with van der Waals surface area (Å²) in [5, 5.41) is 3.21. The highest BCUT2D eigenvalue weighted by molar-refractivity contribution is 6.31. The van der Waals surface area contributed by atoms with Crippen LogP contribution < -0.4 is 5.32 Å². The zero-order chi connectivity index (χ0) is 14.3. The molecule has 0 aliphatic heterocycles. The number of rotatable bonds is 6. The molecule has 5 nitrogen and oxygen atoms in total. The Morgan fingerprint density at radius 3 is 2.84 bits per heavy atom. The number of hydrogen-bond donors (Lipinski definition) is 1. The largest absolute Gasteiger partial charge is 0.463 e. The molecule has 1 N–H and O–H groups in total. The number of halogens is 1. The number of nitrogens with one attached hydrogen (secondary N) is 1. The predicted molar refractivity (Wildman–Crippen MR) is 76.2 cm³/mol. The normalized spacial score (nSPS) is 10.7. The quantitative estimate of drug-likeness (QED) is 0.376. The van der Waals surface area contributed by atoms with Gasteiger partial charge in [0.05, 0.1) is 12.2 Å². The third-order valence-corrected chi connectivity index (χ3v) is 2.66. The van der Waals surface area contributed by atoms with Crippen LogP contribution in [-0.4, -0.2) is 29.6 Å².